The number of hydrogen-bond acceptors (Lipinski definition) is 3. The van der Waals surface area contributed by atoms with Crippen molar-refractivity contribution >= 4 is 5.97 Å². The Balaban J connectivity index is 1.69. The second-order valence-electron chi connectivity index (χ2n) is 13.5. The molecular formula is C30H50O4. The third kappa shape index (κ3) is 3.81. The van der Waals surface area contributed by atoms with Crippen molar-refractivity contribution < 1.29 is 20.1 Å². The number of allylic oxidation sites excluding steroid dienone is 2. The minimum absolute atomic E-state index is 0.0524. The molecule has 4 heteroatoms. The van der Waals surface area contributed by atoms with Gasteiger partial charge in [-0.05, 0) is 92.3 Å². The van der Waals surface area contributed by atoms with Crippen molar-refractivity contribution in [2.75, 3.05) is 6.61 Å². The van der Waals surface area contributed by atoms with Crippen LogP contribution in [0.5, 0.6) is 0 Å². The molecule has 4 saturated carbocycles. The normalized spacial score (nSPS) is 50.4. The van der Waals surface area contributed by atoms with E-state index in [1.807, 2.05) is 0 Å². The third-order valence-corrected chi connectivity index (χ3v) is 12.1. The van der Waals surface area contributed by atoms with E-state index in [0.717, 1.165) is 70.6 Å². The van der Waals surface area contributed by atoms with Gasteiger partial charge in [-0.2, -0.15) is 0 Å². The smallest absolute Gasteiger partial charge is 0.310 e. The Bertz CT molecular complexity index is 806. The minimum atomic E-state index is -0.582. The van der Waals surface area contributed by atoms with Crippen molar-refractivity contribution in [1.29, 1.82) is 0 Å². The highest BCUT2D eigenvalue weighted by molar-refractivity contribution is 5.76. The maximum absolute atomic E-state index is 12.7. The van der Waals surface area contributed by atoms with Crippen LogP contribution in [0.4, 0.5) is 0 Å². The highest BCUT2D eigenvalue weighted by atomic mass is 16.4. The van der Waals surface area contributed by atoms with Crippen molar-refractivity contribution in [3.05, 3.63) is 11.6 Å². The van der Waals surface area contributed by atoms with Gasteiger partial charge in [0, 0.05) is 5.41 Å². The van der Waals surface area contributed by atoms with E-state index in [2.05, 4.69) is 40.7 Å². The van der Waals surface area contributed by atoms with Crippen LogP contribution in [-0.2, 0) is 4.79 Å². The molecule has 0 aromatic heterocycles. The average Bonchev–Trinajstić information content (AvgIpc) is 2.81. The SMILES string of the molecule is CCC1(C)CCC2(C(=O)O)CCCC(C)C2C1=CCC1CCCC2C(C)(CO)C(O)CCC12C. The van der Waals surface area contributed by atoms with Gasteiger partial charge in [-0.15, -0.1) is 0 Å². The zero-order chi connectivity index (χ0) is 24.9. The second kappa shape index (κ2) is 9.21. The van der Waals surface area contributed by atoms with Gasteiger partial charge in [-0.3, -0.25) is 4.79 Å². The van der Waals surface area contributed by atoms with Crippen LogP contribution >= 0.6 is 0 Å². The first-order valence-corrected chi connectivity index (χ1v) is 14.2. The molecule has 34 heavy (non-hydrogen) atoms. The standard InChI is InChI=1S/C30H50O4/c1-6-27(3)17-18-30(26(33)34)15-8-9-20(2)25(30)22(27)13-12-21-10-7-11-23-28(21,4)16-14-24(32)29(23,5)19-31/h13,20-21,23-25,31-32H,6-12,14-19H2,1-5H3,(H,33,34). The van der Waals surface area contributed by atoms with E-state index in [-0.39, 0.29) is 23.4 Å². The fourth-order valence-electron chi connectivity index (χ4n) is 9.47. The van der Waals surface area contributed by atoms with Crippen LogP contribution in [0.15, 0.2) is 11.6 Å². The van der Waals surface area contributed by atoms with Gasteiger partial charge in [0.25, 0.3) is 0 Å². The average molecular weight is 475 g/mol. The summed E-state index contributed by atoms with van der Waals surface area (Å²) in [7, 11) is 0. The van der Waals surface area contributed by atoms with Gasteiger partial charge in [0.05, 0.1) is 18.1 Å². The second-order valence-corrected chi connectivity index (χ2v) is 13.5. The summed E-state index contributed by atoms with van der Waals surface area (Å²) < 4.78 is 0. The fraction of sp³-hybridized carbons (Fsp3) is 0.900. The Kier molecular flexibility index (Phi) is 7.10. The molecule has 194 valence electrons. The van der Waals surface area contributed by atoms with Gasteiger partial charge in [-0.25, -0.2) is 0 Å². The van der Waals surface area contributed by atoms with Crippen molar-refractivity contribution in [1.82, 2.24) is 0 Å². The Morgan fingerprint density at radius 1 is 1.03 bits per heavy atom. The third-order valence-electron chi connectivity index (χ3n) is 12.1. The molecule has 4 aliphatic rings. The van der Waals surface area contributed by atoms with Crippen LogP contribution in [0, 0.1) is 45.3 Å². The first-order chi connectivity index (χ1) is 16.0. The van der Waals surface area contributed by atoms with Gasteiger partial charge in [0.1, 0.15) is 0 Å². The number of carboxylic acid groups (broad SMARTS) is 1. The zero-order valence-electron chi connectivity index (χ0n) is 22.4. The largest absolute Gasteiger partial charge is 0.481 e. The molecular weight excluding hydrogens is 424 g/mol. The lowest BCUT2D eigenvalue weighted by molar-refractivity contribution is -0.161. The Morgan fingerprint density at radius 2 is 1.76 bits per heavy atom. The molecule has 0 radical (unpaired) electrons. The Labute approximate surface area is 207 Å². The highest BCUT2D eigenvalue weighted by Crippen LogP contribution is 2.63. The first-order valence-electron chi connectivity index (χ1n) is 14.2. The molecule has 4 nitrogen and oxygen atoms in total. The van der Waals surface area contributed by atoms with Crippen molar-refractivity contribution in [3.8, 4) is 0 Å². The number of carbonyl (C=O) groups is 1. The molecule has 0 aromatic rings. The molecule has 0 heterocycles. The van der Waals surface area contributed by atoms with E-state index in [9.17, 15) is 20.1 Å². The molecule has 0 amide bonds. The monoisotopic (exact) mass is 474 g/mol. The predicted molar refractivity (Wildman–Crippen MR) is 136 cm³/mol. The number of rotatable bonds is 5. The number of fused-ring (bicyclic) bond motifs is 2. The van der Waals surface area contributed by atoms with Gasteiger partial charge < -0.3 is 15.3 Å². The molecule has 4 rings (SSSR count). The molecule has 9 atom stereocenters. The van der Waals surface area contributed by atoms with Gasteiger partial charge in [0.15, 0.2) is 0 Å². The molecule has 4 aliphatic carbocycles. The topological polar surface area (TPSA) is 77.8 Å². The molecule has 3 N–H and O–H groups in total. The Hall–Kier alpha value is -0.870. The maximum atomic E-state index is 12.7. The van der Waals surface area contributed by atoms with Crippen LogP contribution < -0.4 is 0 Å². The lowest BCUT2D eigenvalue weighted by Gasteiger charge is -2.59. The molecule has 0 spiro atoms. The molecule has 4 fully saturated rings. The van der Waals surface area contributed by atoms with Crippen molar-refractivity contribution in [2.45, 2.75) is 118 Å². The maximum Gasteiger partial charge on any atom is 0.310 e. The van der Waals surface area contributed by atoms with E-state index < -0.39 is 22.9 Å². The summed E-state index contributed by atoms with van der Waals surface area (Å²) in [5.41, 5.74) is 0.652. The summed E-state index contributed by atoms with van der Waals surface area (Å²) >= 11 is 0. The van der Waals surface area contributed by atoms with E-state index in [0.29, 0.717) is 17.8 Å². The van der Waals surface area contributed by atoms with Crippen molar-refractivity contribution in [3.63, 3.8) is 0 Å². The summed E-state index contributed by atoms with van der Waals surface area (Å²) in [4.78, 5) is 12.7. The lowest BCUT2D eigenvalue weighted by Crippen LogP contribution is -2.57. The molecule has 0 aliphatic heterocycles. The minimum Gasteiger partial charge on any atom is -0.481 e. The number of carboxylic acids is 1. The highest BCUT2D eigenvalue weighted by Gasteiger charge is 2.58. The van der Waals surface area contributed by atoms with Gasteiger partial charge in [0.2, 0.25) is 0 Å². The van der Waals surface area contributed by atoms with Crippen LogP contribution in [0.3, 0.4) is 0 Å². The van der Waals surface area contributed by atoms with Gasteiger partial charge in [-0.1, -0.05) is 65.5 Å². The van der Waals surface area contributed by atoms with Crippen LogP contribution in [-0.4, -0.2) is 34.0 Å². The summed E-state index contributed by atoms with van der Waals surface area (Å²) in [5.74, 6) is 0.859. The van der Waals surface area contributed by atoms with Gasteiger partial charge >= 0.3 is 5.97 Å². The van der Waals surface area contributed by atoms with E-state index in [4.69, 9.17) is 0 Å². The van der Waals surface area contributed by atoms with Crippen LogP contribution in [0.1, 0.15) is 112 Å². The predicted octanol–water partition coefficient (Wildman–Crippen LogP) is 6.60. The summed E-state index contributed by atoms with van der Waals surface area (Å²) in [5, 5.41) is 31.6. The first kappa shape index (κ1) is 26.2. The quantitative estimate of drug-likeness (QED) is 0.392. The number of aliphatic hydroxyl groups excluding tert-OH is 2. The van der Waals surface area contributed by atoms with Crippen LogP contribution in [0.2, 0.25) is 0 Å². The Morgan fingerprint density at radius 3 is 2.41 bits per heavy atom. The molecule has 9 unspecified atom stereocenters. The fourth-order valence-corrected chi connectivity index (χ4v) is 9.47. The van der Waals surface area contributed by atoms with Crippen LogP contribution in [0.25, 0.3) is 0 Å². The summed E-state index contributed by atoms with van der Waals surface area (Å²) in [6, 6.07) is 0. The van der Waals surface area contributed by atoms with E-state index in [1.165, 1.54) is 12.0 Å². The molecule has 0 bridgehead atoms. The zero-order valence-corrected chi connectivity index (χ0v) is 22.4. The van der Waals surface area contributed by atoms with Crippen molar-refractivity contribution in [2.24, 2.45) is 45.3 Å². The number of aliphatic carboxylic acids is 1. The van der Waals surface area contributed by atoms with E-state index >= 15 is 0 Å². The number of aliphatic hydroxyl groups is 2. The van der Waals surface area contributed by atoms with E-state index in [1.54, 1.807) is 0 Å². The molecule has 0 aromatic carbocycles. The lowest BCUT2D eigenvalue weighted by atomic mass is 9.46. The molecule has 0 saturated heterocycles. The summed E-state index contributed by atoms with van der Waals surface area (Å²) in [6.45, 7) is 11.5. The number of hydrogen-bond donors (Lipinski definition) is 3. The summed E-state index contributed by atoms with van der Waals surface area (Å²) in [6.07, 6.45) is 14.2.